The van der Waals surface area contributed by atoms with E-state index in [4.69, 9.17) is 0 Å². The number of fused-ring (bicyclic) bond motifs is 2. The van der Waals surface area contributed by atoms with Crippen LogP contribution in [0.1, 0.15) is 0 Å². The fraction of sp³-hybridized carbons (Fsp3) is 0. The fourth-order valence-electron chi connectivity index (χ4n) is 19.7. The van der Waals surface area contributed by atoms with Gasteiger partial charge in [-0.05, 0) is 299 Å². The third-order valence-electron chi connectivity index (χ3n) is 26.2. The van der Waals surface area contributed by atoms with Gasteiger partial charge in [0, 0.05) is 68.2 Å². The zero-order valence-corrected chi connectivity index (χ0v) is 73.8. The van der Waals surface area contributed by atoms with Gasteiger partial charge in [-0.3, -0.25) is 0 Å². The van der Waals surface area contributed by atoms with Crippen LogP contribution >= 0.6 is 0 Å². The van der Waals surface area contributed by atoms with Crippen molar-refractivity contribution in [3.05, 3.63) is 546 Å². The Balaban J connectivity index is 0.000000128. The Labute approximate surface area is 781 Å². The van der Waals surface area contributed by atoms with Gasteiger partial charge in [0.1, 0.15) is 0 Å². The molecule has 0 bridgehead atoms. The normalized spacial score (nSPS) is 11.3. The van der Waals surface area contributed by atoms with Gasteiger partial charge in [-0.25, -0.2) is 0 Å². The molecule has 0 aliphatic rings. The van der Waals surface area contributed by atoms with Crippen LogP contribution in [-0.4, -0.2) is 0 Å². The topological polar surface area (TPSA) is 13.0 Å². The van der Waals surface area contributed by atoms with E-state index >= 15 is 0 Å². The SMILES string of the molecule is c1ccc(-c2ccc(-c3ccccc3)cc2)cc1.c1ccc(N(c2ccc(-c3ccc(N(c4ccccc4)c4cc5ccc6cccc7ccc(c4)c5c67)cc3)cc2)c2cc3ccc4cccc5ccc(c2)c3c45)cc1.c1ccc(N(c2ccc(-c3ccc(N(c4ccccc4)c4ccc(-c5cccc6ccccc56)cc4)cc3)cc2)c2ccc(-c3cccc4ccccc34)cc2)cc1. The van der Waals surface area contributed by atoms with Crippen LogP contribution in [0.3, 0.4) is 0 Å². The van der Waals surface area contributed by atoms with Crippen LogP contribution in [0.5, 0.6) is 0 Å². The van der Waals surface area contributed by atoms with Gasteiger partial charge in [0.25, 0.3) is 0 Å². The van der Waals surface area contributed by atoms with Crippen molar-refractivity contribution in [3.63, 3.8) is 0 Å². The molecule has 0 spiro atoms. The molecule has 4 nitrogen and oxygen atoms in total. The minimum atomic E-state index is 1.10. The Bertz CT molecular complexity index is 7760. The molecule has 25 aromatic carbocycles. The van der Waals surface area contributed by atoms with Crippen LogP contribution < -0.4 is 19.6 Å². The molecule has 0 saturated carbocycles. The Morgan fingerprint density at radius 1 is 0.0970 bits per heavy atom. The van der Waals surface area contributed by atoms with Crippen molar-refractivity contribution >= 4 is 154 Å². The summed E-state index contributed by atoms with van der Waals surface area (Å²) in [6, 6.07) is 197. The van der Waals surface area contributed by atoms with Gasteiger partial charge in [-0.15, -0.1) is 0 Å². The monoisotopic (exact) mass is 1710 g/mol. The molecule has 0 fully saturated rings. The molecule has 0 aliphatic heterocycles. The summed E-state index contributed by atoms with van der Waals surface area (Å²) in [5, 5.41) is 20.5. The number of nitrogens with zero attached hydrogens (tertiary/aromatic N) is 4. The first-order valence-corrected chi connectivity index (χ1v) is 46.0. The third-order valence-corrected chi connectivity index (χ3v) is 26.2. The molecule has 0 radical (unpaired) electrons. The Hall–Kier alpha value is -17.7. The van der Waals surface area contributed by atoms with Crippen LogP contribution in [0.2, 0.25) is 0 Å². The van der Waals surface area contributed by atoms with E-state index in [1.54, 1.807) is 0 Å². The van der Waals surface area contributed by atoms with E-state index in [1.807, 2.05) is 12.1 Å². The standard InChI is InChI=1S/C56H36N2.C56H40N2.C18H14/c1-3-13-47(14-4-1)57(51-33-43-21-17-39-9-7-10-40-18-22-44(34-51)55(43)53(39)40)49-29-25-37(26-30-49)38-27-31-50(32-28-38)58(48-15-5-2-6-16-48)52-35-45-23-19-41-11-8-12-42-20-24-46(36-52)56(45)54(41)42;1-3-17-47(18-4-1)57(51-37-29-45(30-38-51)55-23-11-15-43-13-7-9-21-53(43)55)49-33-25-41(26-34-49)42-27-35-50(36-28-42)58(48-19-5-2-6-20-48)52-39-31-46(32-40-52)56-24-12-16-44-14-8-10-22-54(44)56;1-3-7-15(8-4-1)17-11-13-18(14-12-17)16-9-5-2-6-10-16/h1-36H;1-40H;1-14H. The summed E-state index contributed by atoms with van der Waals surface area (Å²) in [6.45, 7) is 0. The van der Waals surface area contributed by atoms with Crippen LogP contribution in [0.25, 0.3) is 153 Å². The number of para-hydroxylation sites is 4. The molecule has 0 N–H and O–H groups in total. The van der Waals surface area contributed by atoms with Crippen LogP contribution in [-0.2, 0) is 0 Å². The first kappa shape index (κ1) is 80.8. The maximum atomic E-state index is 2.37. The van der Waals surface area contributed by atoms with Crippen LogP contribution in [0.4, 0.5) is 68.2 Å². The largest absolute Gasteiger partial charge is 0.311 e. The van der Waals surface area contributed by atoms with Gasteiger partial charge < -0.3 is 19.6 Å². The van der Waals surface area contributed by atoms with E-state index in [0.717, 1.165) is 68.2 Å². The van der Waals surface area contributed by atoms with Crippen molar-refractivity contribution in [1.29, 1.82) is 0 Å². The molecular weight excluding hydrogens is 1620 g/mol. The van der Waals surface area contributed by atoms with Gasteiger partial charge in [0.15, 0.2) is 0 Å². The predicted molar refractivity (Wildman–Crippen MR) is 573 cm³/mol. The molecule has 4 heteroatoms. The van der Waals surface area contributed by atoms with Crippen molar-refractivity contribution in [2.45, 2.75) is 0 Å². The first-order chi connectivity index (χ1) is 66.4. The predicted octanol–water partition coefficient (Wildman–Crippen LogP) is 37.0. The minimum Gasteiger partial charge on any atom is -0.311 e. The second-order valence-corrected chi connectivity index (χ2v) is 34.3. The molecule has 25 rings (SSSR count). The summed E-state index contributed by atoms with van der Waals surface area (Å²) in [7, 11) is 0. The van der Waals surface area contributed by atoms with Crippen molar-refractivity contribution in [1.82, 2.24) is 0 Å². The van der Waals surface area contributed by atoms with Crippen molar-refractivity contribution in [3.8, 4) is 66.8 Å². The molecule has 0 aromatic heterocycles. The number of anilines is 12. The smallest absolute Gasteiger partial charge is 0.0473 e. The third kappa shape index (κ3) is 16.1. The van der Waals surface area contributed by atoms with Gasteiger partial charge in [0.2, 0.25) is 0 Å². The quantitative estimate of drug-likeness (QED) is 0.0794. The molecule has 0 unspecified atom stereocenters. The van der Waals surface area contributed by atoms with E-state index in [9.17, 15) is 0 Å². The summed E-state index contributed by atoms with van der Waals surface area (Å²) in [4.78, 5) is 9.38. The molecule has 0 saturated heterocycles. The number of benzene rings is 25. The number of hydrogen-bond acceptors (Lipinski definition) is 4. The zero-order chi connectivity index (χ0) is 89.0. The first-order valence-electron chi connectivity index (χ1n) is 46.0. The fourth-order valence-corrected chi connectivity index (χ4v) is 19.7. The van der Waals surface area contributed by atoms with E-state index < -0.39 is 0 Å². The van der Waals surface area contributed by atoms with Crippen LogP contribution in [0, 0.1) is 0 Å². The second-order valence-electron chi connectivity index (χ2n) is 34.3. The maximum Gasteiger partial charge on any atom is 0.0473 e. The highest BCUT2D eigenvalue weighted by Gasteiger charge is 2.22. The van der Waals surface area contributed by atoms with E-state index in [0.29, 0.717) is 0 Å². The lowest BCUT2D eigenvalue weighted by atomic mass is 9.93. The molecular formula is C130H90N4. The molecule has 134 heavy (non-hydrogen) atoms. The second kappa shape index (κ2) is 36.1. The summed E-state index contributed by atoms with van der Waals surface area (Å²) in [5.74, 6) is 0. The van der Waals surface area contributed by atoms with Crippen molar-refractivity contribution in [2.24, 2.45) is 0 Å². The molecule has 0 heterocycles. The minimum absolute atomic E-state index is 1.10. The van der Waals surface area contributed by atoms with Gasteiger partial charge in [0.05, 0.1) is 0 Å². The van der Waals surface area contributed by atoms with Crippen molar-refractivity contribution < 1.29 is 0 Å². The van der Waals surface area contributed by atoms with Gasteiger partial charge in [-0.2, -0.15) is 0 Å². The highest BCUT2D eigenvalue weighted by molar-refractivity contribution is 6.25. The lowest BCUT2D eigenvalue weighted by Gasteiger charge is -2.27. The number of rotatable bonds is 18. The van der Waals surface area contributed by atoms with Crippen LogP contribution in [0.15, 0.2) is 546 Å². The zero-order valence-electron chi connectivity index (χ0n) is 73.8. The summed E-state index contributed by atoms with van der Waals surface area (Å²) in [5.41, 5.74) is 28.0. The van der Waals surface area contributed by atoms with E-state index in [-0.39, 0.29) is 0 Å². The average molecular weight is 1710 g/mol. The Morgan fingerprint density at radius 3 is 0.537 bits per heavy atom. The molecule has 630 valence electrons. The molecule has 0 atom stereocenters. The Morgan fingerprint density at radius 2 is 0.269 bits per heavy atom. The summed E-state index contributed by atoms with van der Waals surface area (Å²) >= 11 is 0. The van der Waals surface area contributed by atoms with Crippen molar-refractivity contribution in [2.75, 3.05) is 19.6 Å². The molecule has 0 aliphatic carbocycles. The average Bonchev–Trinajstić information content (AvgIpc) is 0.738. The highest BCUT2D eigenvalue weighted by atomic mass is 15.2. The highest BCUT2D eigenvalue weighted by Crippen LogP contribution is 2.48. The van der Waals surface area contributed by atoms with E-state index in [2.05, 4.69) is 553 Å². The molecule has 0 amide bonds. The summed E-state index contributed by atoms with van der Waals surface area (Å²) < 4.78 is 0. The van der Waals surface area contributed by atoms with Gasteiger partial charge >= 0.3 is 0 Å². The lowest BCUT2D eigenvalue weighted by molar-refractivity contribution is 1.28. The van der Waals surface area contributed by atoms with E-state index in [1.165, 1.54) is 153 Å². The number of hydrogen-bond donors (Lipinski definition) is 0. The maximum absolute atomic E-state index is 2.37. The Kier molecular flexibility index (Phi) is 21.8. The molecule has 25 aromatic rings. The lowest BCUT2D eigenvalue weighted by Crippen LogP contribution is -2.10. The summed E-state index contributed by atoms with van der Waals surface area (Å²) in [6.07, 6.45) is 0. The van der Waals surface area contributed by atoms with Gasteiger partial charge in [-0.1, -0.05) is 400 Å².